The van der Waals surface area contributed by atoms with Gasteiger partial charge in [-0.3, -0.25) is 0 Å². The molecule has 118 valence electrons. The second kappa shape index (κ2) is 8.40. The van der Waals surface area contributed by atoms with Gasteiger partial charge in [-0.2, -0.15) is 0 Å². The van der Waals surface area contributed by atoms with Crippen molar-refractivity contribution in [2.75, 3.05) is 27.7 Å². The minimum Gasteiger partial charge on any atom is -0.497 e. The molecule has 0 bridgehead atoms. The first kappa shape index (κ1) is 16.3. The molecule has 1 fully saturated rings. The molecule has 0 heterocycles. The van der Waals surface area contributed by atoms with Gasteiger partial charge in [-0.05, 0) is 50.6 Å². The molecule has 21 heavy (non-hydrogen) atoms. The summed E-state index contributed by atoms with van der Waals surface area (Å²) in [5, 5.41) is 3.54. The van der Waals surface area contributed by atoms with Crippen LogP contribution in [0.1, 0.15) is 37.7 Å². The van der Waals surface area contributed by atoms with Crippen molar-refractivity contribution in [3.63, 3.8) is 0 Å². The van der Waals surface area contributed by atoms with Crippen molar-refractivity contribution in [3.8, 4) is 5.75 Å². The molecule has 0 radical (unpaired) electrons. The zero-order chi connectivity index (χ0) is 15.1. The molecule has 0 spiro atoms. The average Bonchev–Trinajstić information content (AvgIpc) is 2.73. The smallest absolute Gasteiger partial charge is 0.118 e. The Kier molecular flexibility index (Phi) is 6.52. The fraction of sp³-hybridized carbons (Fsp3) is 0.667. The SMILES string of the molecule is CNC1CCCCCC1CN(C)Cc1ccc(OC)cc1. The molecular formula is C18H30N2O. The van der Waals surface area contributed by atoms with Crippen molar-refractivity contribution in [2.45, 2.75) is 44.7 Å². The summed E-state index contributed by atoms with van der Waals surface area (Å²) in [5.74, 6) is 1.71. The lowest BCUT2D eigenvalue weighted by Crippen LogP contribution is -2.39. The third kappa shape index (κ3) is 5.01. The standard InChI is InChI=1S/C18H30N2O/c1-19-18-8-6-4-5-7-16(18)14-20(2)13-15-9-11-17(21-3)12-10-15/h9-12,16,18-19H,4-8,13-14H2,1-3H3. The van der Waals surface area contributed by atoms with Crippen LogP contribution in [0.4, 0.5) is 0 Å². The number of ether oxygens (including phenoxy) is 1. The Labute approximate surface area is 129 Å². The predicted octanol–water partition coefficient (Wildman–Crippen LogP) is 3.30. The van der Waals surface area contributed by atoms with Crippen LogP contribution in [0.15, 0.2) is 24.3 Å². The Morgan fingerprint density at radius 2 is 1.86 bits per heavy atom. The number of methoxy groups -OCH3 is 1. The van der Waals surface area contributed by atoms with Crippen LogP contribution in [0.5, 0.6) is 5.75 Å². The number of hydrogen-bond donors (Lipinski definition) is 1. The number of benzene rings is 1. The summed E-state index contributed by atoms with van der Waals surface area (Å²) in [4.78, 5) is 2.46. The van der Waals surface area contributed by atoms with Gasteiger partial charge in [0.2, 0.25) is 0 Å². The molecule has 1 aromatic carbocycles. The highest BCUT2D eigenvalue weighted by atomic mass is 16.5. The van der Waals surface area contributed by atoms with E-state index in [0.29, 0.717) is 6.04 Å². The van der Waals surface area contributed by atoms with Gasteiger partial charge in [-0.1, -0.05) is 31.4 Å². The van der Waals surface area contributed by atoms with Gasteiger partial charge >= 0.3 is 0 Å². The van der Waals surface area contributed by atoms with E-state index < -0.39 is 0 Å². The Morgan fingerprint density at radius 3 is 2.52 bits per heavy atom. The first-order chi connectivity index (χ1) is 10.2. The van der Waals surface area contributed by atoms with Gasteiger partial charge in [0, 0.05) is 19.1 Å². The van der Waals surface area contributed by atoms with Crippen molar-refractivity contribution in [1.29, 1.82) is 0 Å². The highest BCUT2D eigenvalue weighted by Crippen LogP contribution is 2.24. The summed E-state index contributed by atoms with van der Waals surface area (Å²) in [6.45, 7) is 2.19. The van der Waals surface area contributed by atoms with Gasteiger partial charge in [0.15, 0.2) is 0 Å². The largest absolute Gasteiger partial charge is 0.497 e. The lowest BCUT2D eigenvalue weighted by atomic mass is 9.94. The van der Waals surface area contributed by atoms with E-state index in [2.05, 4.69) is 36.4 Å². The van der Waals surface area contributed by atoms with E-state index in [9.17, 15) is 0 Å². The summed E-state index contributed by atoms with van der Waals surface area (Å²) in [7, 11) is 6.07. The molecule has 0 saturated heterocycles. The van der Waals surface area contributed by atoms with Crippen LogP contribution >= 0.6 is 0 Å². The molecule has 2 unspecified atom stereocenters. The zero-order valence-electron chi connectivity index (χ0n) is 13.8. The number of nitrogens with one attached hydrogen (secondary N) is 1. The molecule has 1 aliphatic carbocycles. The average molecular weight is 290 g/mol. The number of nitrogens with zero attached hydrogens (tertiary/aromatic N) is 1. The molecular weight excluding hydrogens is 260 g/mol. The van der Waals surface area contributed by atoms with E-state index in [-0.39, 0.29) is 0 Å². The predicted molar refractivity (Wildman–Crippen MR) is 88.8 cm³/mol. The Morgan fingerprint density at radius 1 is 1.14 bits per heavy atom. The van der Waals surface area contributed by atoms with Crippen molar-refractivity contribution >= 4 is 0 Å². The fourth-order valence-electron chi connectivity index (χ4n) is 3.49. The number of hydrogen-bond acceptors (Lipinski definition) is 3. The minimum absolute atomic E-state index is 0.686. The van der Waals surface area contributed by atoms with Crippen molar-refractivity contribution in [2.24, 2.45) is 5.92 Å². The van der Waals surface area contributed by atoms with Gasteiger partial charge < -0.3 is 15.0 Å². The molecule has 1 aliphatic rings. The maximum atomic E-state index is 5.22. The maximum Gasteiger partial charge on any atom is 0.118 e. The van der Waals surface area contributed by atoms with Gasteiger partial charge in [0.25, 0.3) is 0 Å². The van der Waals surface area contributed by atoms with Crippen LogP contribution in [0.3, 0.4) is 0 Å². The highest BCUT2D eigenvalue weighted by Gasteiger charge is 2.23. The topological polar surface area (TPSA) is 24.5 Å². The van der Waals surface area contributed by atoms with E-state index in [1.807, 2.05) is 12.1 Å². The van der Waals surface area contributed by atoms with Crippen LogP contribution in [-0.4, -0.2) is 38.7 Å². The first-order valence-corrected chi connectivity index (χ1v) is 8.21. The zero-order valence-corrected chi connectivity index (χ0v) is 13.8. The summed E-state index contributed by atoms with van der Waals surface area (Å²) >= 11 is 0. The number of rotatable bonds is 6. The van der Waals surface area contributed by atoms with E-state index in [0.717, 1.165) is 18.2 Å². The Balaban J connectivity index is 1.88. The third-order valence-electron chi connectivity index (χ3n) is 4.69. The van der Waals surface area contributed by atoms with Crippen LogP contribution in [0.2, 0.25) is 0 Å². The summed E-state index contributed by atoms with van der Waals surface area (Å²) in [6, 6.07) is 9.11. The quantitative estimate of drug-likeness (QED) is 0.814. The van der Waals surface area contributed by atoms with Gasteiger partial charge in [-0.15, -0.1) is 0 Å². The third-order valence-corrected chi connectivity index (χ3v) is 4.69. The Hall–Kier alpha value is -1.06. The monoisotopic (exact) mass is 290 g/mol. The van der Waals surface area contributed by atoms with E-state index >= 15 is 0 Å². The summed E-state index contributed by atoms with van der Waals surface area (Å²) in [5.41, 5.74) is 1.35. The molecule has 1 aromatic rings. The van der Waals surface area contributed by atoms with Crippen LogP contribution in [0, 0.1) is 5.92 Å². The minimum atomic E-state index is 0.686. The van der Waals surface area contributed by atoms with Crippen LogP contribution < -0.4 is 10.1 Å². The summed E-state index contributed by atoms with van der Waals surface area (Å²) in [6.07, 6.45) is 6.86. The molecule has 0 aliphatic heterocycles. The lowest BCUT2D eigenvalue weighted by Gasteiger charge is -2.29. The molecule has 1 N–H and O–H groups in total. The lowest BCUT2D eigenvalue weighted by molar-refractivity contribution is 0.223. The van der Waals surface area contributed by atoms with Crippen LogP contribution in [0.25, 0.3) is 0 Å². The molecule has 0 amide bonds. The Bertz CT molecular complexity index is 404. The fourth-order valence-corrected chi connectivity index (χ4v) is 3.49. The van der Waals surface area contributed by atoms with Gasteiger partial charge in [0.1, 0.15) is 5.75 Å². The molecule has 2 rings (SSSR count). The summed E-state index contributed by atoms with van der Waals surface area (Å²) < 4.78 is 5.22. The molecule has 3 heteroatoms. The van der Waals surface area contributed by atoms with Crippen molar-refractivity contribution in [1.82, 2.24) is 10.2 Å². The van der Waals surface area contributed by atoms with Crippen LogP contribution in [-0.2, 0) is 6.54 Å². The molecule has 0 aromatic heterocycles. The molecule has 3 nitrogen and oxygen atoms in total. The highest BCUT2D eigenvalue weighted by molar-refractivity contribution is 5.27. The normalized spacial score (nSPS) is 23.0. The van der Waals surface area contributed by atoms with Crippen molar-refractivity contribution < 1.29 is 4.74 Å². The van der Waals surface area contributed by atoms with Crippen molar-refractivity contribution in [3.05, 3.63) is 29.8 Å². The first-order valence-electron chi connectivity index (χ1n) is 8.21. The second-order valence-corrected chi connectivity index (χ2v) is 6.34. The van der Waals surface area contributed by atoms with E-state index in [1.165, 1.54) is 44.2 Å². The van der Waals surface area contributed by atoms with E-state index in [4.69, 9.17) is 4.74 Å². The van der Waals surface area contributed by atoms with Gasteiger partial charge in [-0.25, -0.2) is 0 Å². The second-order valence-electron chi connectivity index (χ2n) is 6.34. The maximum absolute atomic E-state index is 5.22. The van der Waals surface area contributed by atoms with E-state index in [1.54, 1.807) is 7.11 Å². The molecule has 2 atom stereocenters. The molecule has 1 saturated carbocycles. The van der Waals surface area contributed by atoms with Gasteiger partial charge in [0.05, 0.1) is 7.11 Å².